The molecule has 1 aromatic carbocycles. The maximum atomic E-state index is 13.4. The third kappa shape index (κ3) is 3.45. The van der Waals surface area contributed by atoms with Crippen molar-refractivity contribution in [1.29, 1.82) is 0 Å². The molecule has 1 unspecified atom stereocenters. The minimum absolute atomic E-state index is 0.239. The summed E-state index contributed by atoms with van der Waals surface area (Å²) in [6, 6.07) is 7.23. The number of fused-ring (bicyclic) bond motifs is 1. The molecule has 10 heteroatoms. The molecule has 30 heavy (non-hydrogen) atoms. The van der Waals surface area contributed by atoms with Gasteiger partial charge in [0.25, 0.3) is 5.16 Å². The number of ether oxygens (including phenoxy) is 1. The SMILES string of the molecule is C=CC(Cc1ccc(OC)cc1)S(=O)(=O)c1nc(-n2ccnc2)c2ncn(C)c2n1. The molecule has 9 nitrogen and oxygen atoms in total. The smallest absolute Gasteiger partial charge is 0.251 e. The number of hydrogen-bond acceptors (Lipinski definition) is 7. The summed E-state index contributed by atoms with van der Waals surface area (Å²) in [5.74, 6) is 1.05. The van der Waals surface area contributed by atoms with Crippen molar-refractivity contribution in [3.63, 3.8) is 0 Å². The fourth-order valence-corrected chi connectivity index (χ4v) is 4.48. The van der Waals surface area contributed by atoms with Gasteiger partial charge in [-0.05, 0) is 24.1 Å². The van der Waals surface area contributed by atoms with Crippen molar-refractivity contribution < 1.29 is 13.2 Å². The first-order chi connectivity index (χ1) is 14.4. The lowest BCUT2D eigenvalue weighted by atomic mass is 10.1. The Hall–Kier alpha value is -3.53. The molecule has 0 N–H and O–H groups in total. The highest BCUT2D eigenvalue weighted by Gasteiger charge is 2.30. The van der Waals surface area contributed by atoms with Gasteiger partial charge in [-0.3, -0.25) is 4.57 Å². The number of benzene rings is 1. The number of imidazole rings is 2. The molecule has 0 aliphatic rings. The van der Waals surface area contributed by atoms with Crippen molar-refractivity contribution in [2.24, 2.45) is 7.05 Å². The number of aromatic nitrogens is 6. The Morgan fingerprint density at radius 2 is 1.97 bits per heavy atom. The van der Waals surface area contributed by atoms with E-state index in [0.29, 0.717) is 22.7 Å². The van der Waals surface area contributed by atoms with Crippen molar-refractivity contribution in [3.05, 3.63) is 67.5 Å². The van der Waals surface area contributed by atoms with Gasteiger partial charge in [0.15, 0.2) is 17.0 Å². The molecule has 4 aromatic rings. The van der Waals surface area contributed by atoms with E-state index in [1.165, 1.54) is 12.4 Å². The number of rotatable bonds is 7. The Kier molecular flexibility index (Phi) is 5.08. The summed E-state index contributed by atoms with van der Waals surface area (Å²) in [6.07, 6.45) is 8.01. The molecule has 1 atom stereocenters. The number of nitrogens with zero attached hydrogens (tertiary/aromatic N) is 6. The lowest BCUT2D eigenvalue weighted by Crippen LogP contribution is -2.24. The van der Waals surface area contributed by atoms with Crippen LogP contribution in [0.25, 0.3) is 17.0 Å². The largest absolute Gasteiger partial charge is 0.497 e. The first-order valence-corrected chi connectivity index (χ1v) is 10.7. The van der Waals surface area contributed by atoms with Gasteiger partial charge in [-0.2, -0.15) is 9.97 Å². The summed E-state index contributed by atoms with van der Waals surface area (Å²) < 4.78 is 35.3. The van der Waals surface area contributed by atoms with Crippen LogP contribution in [0.2, 0.25) is 0 Å². The number of methoxy groups -OCH3 is 1. The molecule has 0 saturated carbocycles. The van der Waals surface area contributed by atoms with Crippen molar-refractivity contribution in [3.8, 4) is 11.6 Å². The third-order valence-electron chi connectivity index (χ3n) is 4.78. The maximum absolute atomic E-state index is 13.4. The normalized spacial score (nSPS) is 12.7. The first-order valence-electron chi connectivity index (χ1n) is 9.11. The standard InChI is InChI=1S/C20H20N6O3S/c1-4-16(11-14-5-7-15(29-3)8-6-14)30(27,28)20-23-18-17(22-13-25(18)2)19(24-20)26-10-9-21-12-26/h4-10,12-13,16H,1,11H2,2-3H3. The highest BCUT2D eigenvalue weighted by Crippen LogP contribution is 2.24. The molecular formula is C20H20N6O3S. The fourth-order valence-electron chi connectivity index (χ4n) is 3.11. The van der Waals surface area contributed by atoms with Gasteiger partial charge < -0.3 is 9.30 Å². The molecule has 0 radical (unpaired) electrons. The first kappa shape index (κ1) is 19.8. The van der Waals surface area contributed by atoms with Crippen LogP contribution in [-0.2, 0) is 23.3 Å². The van der Waals surface area contributed by atoms with Crippen LogP contribution < -0.4 is 4.74 Å². The summed E-state index contributed by atoms with van der Waals surface area (Å²) in [6.45, 7) is 3.73. The molecule has 0 fully saturated rings. The summed E-state index contributed by atoms with van der Waals surface area (Å²) in [4.78, 5) is 17.0. The van der Waals surface area contributed by atoms with Crippen LogP contribution in [0, 0.1) is 0 Å². The van der Waals surface area contributed by atoms with Crippen LogP contribution in [-0.4, -0.2) is 49.8 Å². The summed E-state index contributed by atoms with van der Waals surface area (Å²) >= 11 is 0. The Morgan fingerprint density at radius 1 is 1.20 bits per heavy atom. The molecule has 4 rings (SSSR count). The fraction of sp³-hybridized carbons (Fsp3) is 0.200. The quantitative estimate of drug-likeness (QED) is 0.331. The Labute approximate surface area is 173 Å². The van der Waals surface area contributed by atoms with E-state index in [4.69, 9.17) is 4.74 Å². The van der Waals surface area contributed by atoms with E-state index in [1.807, 2.05) is 12.1 Å². The van der Waals surface area contributed by atoms with E-state index in [2.05, 4.69) is 26.5 Å². The van der Waals surface area contributed by atoms with E-state index >= 15 is 0 Å². The van der Waals surface area contributed by atoms with E-state index in [1.54, 1.807) is 54.1 Å². The molecule has 0 saturated heterocycles. The molecule has 3 aromatic heterocycles. The van der Waals surface area contributed by atoms with E-state index in [0.717, 1.165) is 5.56 Å². The van der Waals surface area contributed by atoms with Gasteiger partial charge in [-0.15, -0.1) is 6.58 Å². The summed E-state index contributed by atoms with van der Waals surface area (Å²) in [5.41, 5.74) is 1.74. The lowest BCUT2D eigenvalue weighted by molar-refractivity contribution is 0.414. The zero-order valence-corrected chi connectivity index (χ0v) is 17.3. The van der Waals surface area contributed by atoms with Gasteiger partial charge in [0.2, 0.25) is 9.84 Å². The second kappa shape index (κ2) is 7.71. The van der Waals surface area contributed by atoms with Crippen LogP contribution in [0.1, 0.15) is 5.56 Å². The summed E-state index contributed by atoms with van der Waals surface area (Å²) in [5, 5.41) is -1.17. The second-order valence-corrected chi connectivity index (χ2v) is 8.76. The maximum Gasteiger partial charge on any atom is 0.251 e. The average Bonchev–Trinajstić information content (AvgIpc) is 3.42. The predicted molar refractivity (Wildman–Crippen MR) is 111 cm³/mol. The molecule has 3 heterocycles. The molecular weight excluding hydrogens is 404 g/mol. The Morgan fingerprint density at radius 3 is 2.60 bits per heavy atom. The average molecular weight is 424 g/mol. The van der Waals surface area contributed by atoms with Gasteiger partial charge >= 0.3 is 0 Å². The van der Waals surface area contributed by atoms with Gasteiger partial charge in [-0.1, -0.05) is 18.2 Å². The van der Waals surface area contributed by atoms with Crippen LogP contribution in [0.5, 0.6) is 5.75 Å². The van der Waals surface area contributed by atoms with Crippen LogP contribution in [0.15, 0.2) is 67.1 Å². The lowest BCUT2D eigenvalue weighted by Gasteiger charge is -2.14. The third-order valence-corrected chi connectivity index (χ3v) is 6.63. The highest BCUT2D eigenvalue weighted by atomic mass is 32.2. The highest BCUT2D eigenvalue weighted by molar-refractivity contribution is 7.92. The monoisotopic (exact) mass is 424 g/mol. The zero-order chi connectivity index (χ0) is 21.3. The van der Waals surface area contributed by atoms with Crippen molar-refractivity contribution in [2.75, 3.05) is 7.11 Å². The van der Waals surface area contributed by atoms with Crippen LogP contribution >= 0.6 is 0 Å². The minimum Gasteiger partial charge on any atom is -0.497 e. The number of sulfone groups is 1. The van der Waals surface area contributed by atoms with Gasteiger partial charge in [0.05, 0.1) is 18.7 Å². The minimum atomic E-state index is -3.91. The summed E-state index contributed by atoms with van der Waals surface area (Å²) in [7, 11) is -0.583. The second-order valence-electron chi connectivity index (χ2n) is 6.70. The molecule has 0 aliphatic carbocycles. The van der Waals surface area contributed by atoms with Gasteiger partial charge in [-0.25, -0.2) is 18.4 Å². The van der Waals surface area contributed by atoms with Crippen molar-refractivity contribution >= 4 is 21.0 Å². The Balaban J connectivity index is 1.78. The van der Waals surface area contributed by atoms with Gasteiger partial charge in [0.1, 0.15) is 12.1 Å². The zero-order valence-electron chi connectivity index (χ0n) is 16.5. The molecule has 154 valence electrons. The van der Waals surface area contributed by atoms with Gasteiger partial charge in [0, 0.05) is 19.4 Å². The van der Waals surface area contributed by atoms with Crippen LogP contribution in [0.4, 0.5) is 0 Å². The molecule has 0 amide bonds. The molecule has 0 spiro atoms. The van der Waals surface area contributed by atoms with Crippen LogP contribution in [0.3, 0.4) is 0 Å². The predicted octanol–water partition coefficient (Wildman–Crippen LogP) is 2.13. The number of hydrogen-bond donors (Lipinski definition) is 0. The Bertz CT molecular complexity index is 1290. The van der Waals surface area contributed by atoms with E-state index < -0.39 is 15.1 Å². The van der Waals surface area contributed by atoms with Crippen molar-refractivity contribution in [2.45, 2.75) is 16.8 Å². The molecule has 0 aliphatic heterocycles. The van der Waals surface area contributed by atoms with E-state index in [9.17, 15) is 8.42 Å². The van der Waals surface area contributed by atoms with E-state index in [-0.39, 0.29) is 11.6 Å². The molecule has 0 bridgehead atoms. The topological polar surface area (TPSA) is 105 Å². The van der Waals surface area contributed by atoms with Crippen molar-refractivity contribution in [1.82, 2.24) is 29.1 Å². The number of aryl methyl sites for hydroxylation is 1.